The third kappa shape index (κ3) is 3.02. The first-order valence-electron chi connectivity index (χ1n) is 7.23. The Morgan fingerprint density at radius 2 is 2.11 bits per heavy atom. The molecule has 1 unspecified atom stereocenters. The van der Waals surface area contributed by atoms with Gasteiger partial charge in [0.2, 0.25) is 0 Å². The van der Waals surface area contributed by atoms with Crippen molar-refractivity contribution in [2.45, 2.75) is 58.4 Å². The van der Waals surface area contributed by atoms with Gasteiger partial charge in [0.05, 0.1) is 23.5 Å². The first kappa shape index (κ1) is 14.6. The molecule has 1 aromatic rings. The molecule has 2 heterocycles. The van der Waals surface area contributed by atoms with Crippen LogP contribution < -0.4 is 4.90 Å². The molecule has 4 heteroatoms. The van der Waals surface area contributed by atoms with Crippen molar-refractivity contribution in [1.82, 2.24) is 9.97 Å². The smallest absolute Gasteiger partial charge is 0.131 e. The van der Waals surface area contributed by atoms with Gasteiger partial charge in [-0.15, -0.1) is 11.6 Å². The molecule has 0 aromatic carbocycles. The second kappa shape index (κ2) is 6.08. The van der Waals surface area contributed by atoms with Crippen LogP contribution in [0.3, 0.4) is 0 Å². The van der Waals surface area contributed by atoms with Crippen molar-refractivity contribution >= 4 is 17.3 Å². The van der Waals surface area contributed by atoms with Crippen molar-refractivity contribution in [3.63, 3.8) is 0 Å². The van der Waals surface area contributed by atoms with Crippen LogP contribution in [0.25, 0.3) is 0 Å². The quantitative estimate of drug-likeness (QED) is 0.782. The lowest BCUT2D eigenvalue weighted by Gasteiger charge is -2.30. The minimum Gasteiger partial charge on any atom is -0.366 e. The summed E-state index contributed by atoms with van der Waals surface area (Å²) in [5.41, 5.74) is 2.11. The van der Waals surface area contributed by atoms with Gasteiger partial charge in [0.1, 0.15) is 5.82 Å². The standard InChI is InChI=1S/C15H24ClN3/c1-10(2)13-6-5-7-19(13)14-9-17-15(11(3)4)18-12(14)8-16/h9-11,13H,5-8H2,1-4H3. The largest absolute Gasteiger partial charge is 0.366 e. The van der Waals surface area contributed by atoms with Crippen molar-refractivity contribution in [1.29, 1.82) is 0 Å². The summed E-state index contributed by atoms with van der Waals surface area (Å²) < 4.78 is 0. The highest BCUT2D eigenvalue weighted by Crippen LogP contribution is 2.32. The van der Waals surface area contributed by atoms with E-state index >= 15 is 0 Å². The van der Waals surface area contributed by atoms with E-state index in [2.05, 4.69) is 42.6 Å². The Balaban J connectivity index is 2.33. The Labute approximate surface area is 121 Å². The minimum atomic E-state index is 0.343. The Kier molecular flexibility index (Phi) is 4.67. The number of halogens is 1. The Morgan fingerprint density at radius 3 is 2.68 bits per heavy atom. The lowest BCUT2D eigenvalue weighted by atomic mass is 10.0. The zero-order chi connectivity index (χ0) is 14.0. The lowest BCUT2D eigenvalue weighted by molar-refractivity contribution is 0.490. The highest BCUT2D eigenvalue weighted by Gasteiger charge is 2.29. The van der Waals surface area contributed by atoms with Crippen LogP contribution in [-0.4, -0.2) is 22.6 Å². The number of hydrogen-bond acceptors (Lipinski definition) is 3. The highest BCUT2D eigenvalue weighted by atomic mass is 35.5. The van der Waals surface area contributed by atoms with Crippen LogP contribution >= 0.6 is 11.6 Å². The summed E-state index contributed by atoms with van der Waals surface area (Å²) in [6, 6.07) is 0.593. The second-order valence-electron chi connectivity index (χ2n) is 6.00. The molecule has 0 spiro atoms. The molecule has 0 bridgehead atoms. The first-order valence-corrected chi connectivity index (χ1v) is 7.76. The molecule has 1 atom stereocenters. The van der Waals surface area contributed by atoms with Gasteiger partial charge in [-0.3, -0.25) is 0 Å². The summed E-state index contributed by atoms with van der Waals surface area (Å²) in [4.78, 5) is 11.6. The average Bonchev–Trinajstić information content (AvgIpc) is 2.87. The van der Waals surface area contributed by atoms with Gasteiger partial charge >= 0.3 is 0 Å². The van der Waals surface area contributed by atoms with Crippen LogP contribution in [0.4, 0.5) is 5.69 Å². The van der Waals surface area contributed by atoms with Crippen molar-refractivity contribution in [3.05, 3.63) is 17.7 Å². The average molecular weight is 282 g/mol. The molecule has 0 aliphatic carbocycles. The summed E-state index contributed by atoms with van der Waals surface area (Å²) in [7, 11) is 0. The molecule has 0 saturated carbocycles. The second-order valence-corrected chi connectivity index (χ2v) is 6.26. The molecule has 1 aliphatic heterocycles. The van der Waals surface area contributed by atoms with Crippen LogP contribution in [0.15, 0.2) is 6.20 Å². The Hall–Kier alpha value is -0.830. The lowest BCUT2D eigenvalue weighted by Crippen LogP contribution is -2.34. The zero-order valence-corrected chi connectivity index (χ0v) is 13.1. The molecule has 0 amide bonds. The molecule has 1 fully saturated rings. The van der Waals surface area contributed by atoms with Crippen molar-refractivity contribution in [2.24, 2.45) is 5.92 Å². The summed E-state index contributed by atoms with van der Waals surface area (Å²) in [5, 5.41) is 0. The van der Waals surface area contributed by atoms with Gasteiger partial charge in [0.25, 0.3) is 0 Å². The van der Waals surface area contributed by atoms with E-state index in [1.54, 1.807) is 0 Å². The Morgan fingerprint density at radius 1 is 1.37 bits per heavy atom. The number of anilines is 1. The fourth-order valence-corrected chi connectivity index (χ4v) is 3.02. The first-order chi connectivity index (χ1) is 9.04. The molecule has 2 rings (SSSR count). The van der Waals surface area contributed by atoms with E-state index in [0.29, 0.717) is 23.8 Å². The van der Waals surface area contributed by atoms with Crippen molar-refractivity contribution in [3.8, 4) is 0 Å². The number of aromatic nitrogens is 2. The molecule has 106 valence electrons. The van der Waals surface area contributed by atoms with E-state index in [4.69, 9.17) is 11.6 Å². The van der Waals surface area contributed by atoms with Crippen LogP contribution in [0, 0.1) is 5.92 Å². The molecular weight excluding hydrogens is 258 g/mol. The normalized spacial score (nSPS) is 19.7. The molecule has 0 N–H and O–H groups in total. The molecule has 0 radical (unpaired) electrons. The van der Waals surface area contributed by atoms with E-state index in [-0.39, 0.29) is 0 Å². The maximum Gasteiger partial charge on any atom is 0.131 e. The third-order valence-electron chi connectivity index (χ3n) is 3.89. The van der Waals surface area contributed by atoms with Gasteiger partial charge in [-0.25, -0.2) is 9.97 Å². The van der Waals surface area contributed by atoms with Crippen molar-refractivity contribution < 1.29 is 0 Å². The van der Waals surface area contributed by atoms with E-state index in [9.17, 15) is 0 Å². The predicted molar refractivity (Wildman–Crippen MR) is 80.9 cm³/mol. The maximum absolute atomic E-state index is 6.10. The molecule has 1 aliphatic rings. The van der Waals surface area contributed by atoms with Gasteiger partial charge < -0.3 is 4.90 Å². The van der Waals surface area contributed by atoms with E-state index in [1.807, 2.05) is 6.20 Å². The van der Waals surface area contributed by atoms with Gasteiger partial charge in [-0.1, -0.05) is 27.7 Å². The molecular formula is C15H24ClN3. The maximum atomic E-state index is 6.10. The van der Waals surface area contributed by atoms with Gasteiger partial charge in [-0.2, -0.15) is 0 Å². The molecule has 19 heavy (non-hydrogen) atoms. The highest BCUT2D eigenvalue weighted by molar-refractivity contribution is 6.17. The topological polar surface area (TPSA) is 29.0 Å². The van der Waals surface area contributed by atoms with Crippen LogP contribution in [0.2, 0.25) is 0 Å². The fraction of sp³-hybridized carbons (Fsp3) is 0.733. The SMILES string of the molecule is CC(C)c1ncc(N2CCCC2C(C)C)c(CCl)n1. The van der Waals surface area contributed by atoms with E-state index in [1.165, 1.54) is 12.8 Å². The summed E-state index contributed by atoms with van der Waals surface area (Å²) >= 11 is 6.10. The van der Waals surface area contributed by atoms with E-state index in [0.717, 1.165) is 23.8 Å². The monoisotopic (exact) mass is 281 g/mol. The number of nitrogens with zero attached hydrogens (tertiary/aromatic N) is 3. The third-order valence-corrected chi connectivity index (χ3v) is 4.14. The Bertz CT molecular complexity index is 431. The zero-order valence-electron chi connectivity index (χ0n) is 12.4. The predicted octanol–water partition coefficient (Wildman–Crippen LogP) is 3.96. The molecule has 1 aromatic heterocycles. The summed E-state index contributed by atoms with van der Waals surface area (Å²) in [5.74, 6) is 2.34. The number of hydrogen-bond donors (Lipinski definition) is 0. The summed E-state index contributed by atoms with van der Waals surface area (Å²) in [6.07, 6.45) is 4.47. The van der Waals surface area contributed by atoms with Crippen LogP contribution in [0.5, 0.6) is 0 Å². The van der Waals surface area contributed by atoms with Crippen molar-refractivity contribution in [2.75, 3.05) is 11.4 Å². The number of alkyl halides is 1. The fourth-order valence-electron chi connectivity index (χ4n) is 2.83. The van der Waals surface area contributed by atoms with Gasteiger partial charge in [0, 0.05) is 18.5 Å². The van der Waals surface area contributed by atoms with Gasteiger partial charge in [-0.05, 0) is 18.8 Å². The molecule has 1 saturated heterocycles. The van der Waals surface area contributed by atoms with Gasteiger partial charge in [0.15, 0.2) is 0 Å². The number of rotatable bonds is 4. The minimum absolute atomic E-state index is 0.343. The van der Waals surface area contributed by atoms with Crippen LogP contribution in [-0.2, 0) is 5.88 Å². The van der Waals surface area contributed by atoms with E-state index < -0.39 is 0 Å². The van der Waals surface area contributed by atoms with Crippen LogP contribution in [0.1, 0.15) is 58.0 Å². The molecule has 3 nitrogen and oxygen atoms in total. The summed E-state index contributed by atoms with van der Waals surface area (Å²) in [6.45, 7) is 9.89.